The second-order valence-corrected chi connectivity index (χ2v) is 10.6. The first kappa shape index (κ1) is 27.0. The summed E-state index contributed by atoms with van der Waals surface area (Å²) in [6, 6.07) is 11.3. The molecule has 10 heteroatoms. The van der Waals surface area contributed by atoms with Gasteiger partial charge in [0.1, 0.15) is 5.75 Å². The molecule has 2 aromatic rings. The Kier molecular flexibility index (Phi) is 9.15. The lowest BCUT2D eigenvalue weighted by Crippen LogP contribution is -2.41. The third-order valence-electron chi connectivity index (χ3n) is 6.10. The van der Waals surface area contributed by atoms with Crippen molar-refractivity contribution in [2.45, 2.75) is 38.5 Å². The molecule has 190 valence electrons. The van der Waals surface area contributed by atoms with Crippen LogP contribution >= 0.6 is 11.6 Å². The summed E-state index contributed by atoms with van der Waals surface area (Å²) in [6.45, 7) is 7.35. The first-order valence-corrected chi connectivity index (χ1v) is 13.7. The van der Waals surface area contributed by atoms with Crippen LogP contribution in [-0.2, 0) is 14.8 Å². The van der Waals surface area contributed by atoms with Gasteiger partial charge in [0.05, 0.1) is 17.2 Å². The summed E-state index contributed by atoms with van der Waals surface area (Å²) in [7, 11) is -3.69. The zero-order valence-electron chi connectivity index (χ0n) is 20.3. The normalized spacial score (nSPS) is 14.7. The zero-order chi connectivity index (χ0) is 25.6. The van der Waals surface area contributed by atoms with Gasteiger partial charge in [-0.1, -0.05) is 25.4 Å². The van der Waals surface area contributed by atoms with Crippen LogP contribution in [0, 0.1) is 5.92 Å². The molecule has 1 saturated heterocycles. The van der Waals surface area contributed by atoms with E-state index in [0.717, 1.165) is 0 Å². The molecular weight excluding hydrogens is 490 g/mol. The van der Waals surface area contributed by atoms with Crippen molar-refractivity contribution in [3.8, 4) is 5.75 Å². The van der Waals surface area contributed by atoms with E-state index in [-0.39, 0.29) is 22.6 Å². The van der Waals surface area contributed by atoms with Gasteiger partial charge in [-0.15, -0.1) is 0 Å². The minimum Gasteiger partial charge on any atom is -0.492 e. The van der Waals surface area contributed by atoms with Crippen LogP contribution in [0.3, 0.4) is 0 Å². The molecule has 0 unspecified atom stereocenters. The van der Waals surface area contributed by atoms with Gasteiger partial charge in [-0.2, -0.15) is 4.31 Å². The van der Waals surface area contributed by atoms with Crippen molar-refractivity contribution in [3.63, 3.8) is 0 Å². The highest BCUT2D eigenvalue weighted by Gasteiger charge is 2.29. The van der Waals surface area contributed by atoms with Crippen LogP contribution in [0.15, 0.2) is 47.4 Å². The predicted octanol–water partition coefficient (Wildman–Crippen LogP) is 4.26. The number of anilines is 1. The van der Waals surface area contributed by atoms with Gasteiger partial charge < -0.3 is 15.0 Å². The lowest BCUT2D eigenvalue weighted by molar-refractivity contribution is -0.121. The Labute approximate surface area is 212 Å². The molecule has 2 aromatic carbocycles. The van der Waals surface area contributed by atoms with Crippen molar-refractivity contribution in [3.05, 3.63) is 53.1 Å². The van der Waals surface area contributed by atoms with Crippen molar-refractivity contribution < 1.29 is 22.7 Å². The van der Waals surface area contributed by atoms with E-state index in [2.05, 4.69) is 5.32 Å². The van der Waals surface area contributed by atoms with Crippen molar-refractivity contribution in [1.29, 1.82) is 0 Å². The molecule has 1 aliphatic rings. The van der Waals surface area contributed by atoms with Gasteiger partial charge in [-0.3, -0.25) is 9.59 Å². The van der Waals surface area contributed by atoms with Gasteiger partial charge in [0.15, 0.2) is 0 Å². The molecule has 2 amide bonds. The van der Waals surface area contributed by atoms with Gasteiger partial charge in [0.2, 0.25) is 15.9 Å². The number of ether oxygens (including phenoxy) is 1. The SMILES string of the molecule is CCOc1ccc(S(=O)(=O)N(CC)CC)cc1NC(=O)C1CCN(C(=O)c2ccc(Cl)cc2)CC1. The monoisotopic (exact) mass is 521 g/mol. The predicted molar refractivity (Wildman–Crippen MR) is 136 cm³/mol. The number of nitrogens with one attached hydrogen (secondary N) is 1. The van der Waals surface area contributed by atoms with Crippen LogP contribution in [0.1, 0.15) is 44.0 Å². The standard InChI is InChI=1S/C25H32ClN3O5S/c1-4-29(5-2)35(32,33)21-11-12-23(34-6-3)22(17-21)27-24(30)18-13-15-28(16-14-18)25(31)19-7-9-20(26)10-8-19/h7-12,17-18H,4-6,13-16H2,1-3H3,(H,27,30). The van der Waals surface area contributed by atoms with Gasteiger partial charge in [0, 0.05) is 42.7 Å². The molecule has 1 aliphatic heterocycles. The second kappa shape index (κ2) is 11.9. The molecule has 0 radical (unpaired) electrons. The number of benzene rings is 2. The fourth-order valence-corrected chi connectivity index (χ4v) is 5.73. The fourth-order valence-electron chi connectivity index (χ4n) is 4.12. The van der Waals surface area contributed by atoms with Gasteiger partial charge in [-0.05, 0) is 62.2 Å². The van der Waals surface area contributed by atoms with Crippen LogP contribution in [0.2, 0.25) is 5.02 Å². The first-order valence-electron chi connectivity index (χ1n) is 11.8. The molecule has 0 aliphatic carbocycles. The Morgan fingerprint density at radius 1 is 1.06 bits per heavy atom. The quantitative estimate of drug-likeness (QED) is 0.532. The van der Waals surface area contributed by atoms with E-state index < -0.39 is 10.0 Å². The average molecular weight is 522 g/mol. The molecule has 35 heavy (non-hydrogen) atoms. The van der Waals surface area contributed by atoms with E-state index in [0.29, 0.717) is 67.7 Å². The van der Waals surface area contributed by atoms with Crippen LogP contribution in [0.5, 0.6) is 5.75 Å². The summed E-state index contributed by atoms with van der Waals surface area (Å²) in [5.41, 5.74) is 0.884. The van der Waals surface area contributed by atoms with Gasteiger partial charge in [0.25, 0.3) is 5.91 Å². The highest BCUT2D eigenvalue weighted by molar-refractivity contribution is 7.89. The van der Waals surface area contributed by atoms with Crippen LogP contribution in [0.25, 0.3) is 0 Å². The number of nitrogens with zero attached hydrogens (tertiary/aromatic N) is 2. The average Bonchev–Trinajstić information content (AvgIpc) is 2.86. The van der Waals surface area contributed by atoms with Crippen LogP contribution < -0.4 is 10.1 Å². The molecule has 1 heterocycles. The van der Waals surface area contributed by atoms with E-state index in [1.807, 2.05) is 6.92 Å². The van der Waals surface area contributed by atoms with E-state index >= 15 is 0 Å². The number of sulfonamides is 1. The van der Waals surface area contributed by atoms with Crippen LogP contribution in [-0.4, -0.2) is 62.2 Å². The third-order valence-corrected chi connectivity index (χ3v) is 8.39. The number of hydrogen-bond acceptors (Lipinski definition) is 5. The van der Waals surface area contributed by atoms with Crippen molar-refractivity contribution in [2.24, 2.45) is 5.92 Å². The van der Waals surface area contributed by atoms with Crippen molar-refractivity contribution in [1.82, 2.24) is 9.21 Å². The molecule has 3 rings (SSSR count). The summed E-state index contributed by atoms with van der Waals surface area (Å²) < 4.78 is 32.9. The summed E-state index contributed by atoms with van der Waals surface area (Å²) in [5.74, 6) is -0.202. The first-order chi connectivity index (χ1) is 16.7. The fraction of sp³-hybridized carbons (Fsp3) is 0.440. The van der Waals surface area contributed by atoms with Crippen molar-refractivity contribution in [2.75, 3.05) is 38.1 Å². The number of halogens is 1. The minimum absolute atomic E-state index is 0.0894. The smallest absolute Gasteiger partial charge is 0.253 e. The minimum atomic E-state index is -3.69. The number of piperidine rings is 1. The van der Waals surface area contributed by atoms with E-state index in [9.17, 15) is 18.0 Å². The molecule has 8 nitrogen and oxygen atoms in total. The Bertz CT molecular complexity index is 1140. The molecular formula is C25H32ClN3O5S. The highest BCUT2D eigenvalue weighted by Crippen LogP contribution is 2.31. The maximum Gasteiger partial charge on any atom is 0.253 e. The third kappa shape index (κ3) is 6.34. The number of carbonyl (C=O) groups excluding carboxylic acids is 2. The van der Waals surface area contributed by atoms with E-state index in [1.54, 1.807) is 49.1 Å². The summed E-state index contributed by atoms with van der Waals surface area (Å²) in [5, 5.41) is 3.44. The maximum atomic E-state index is 13.1. The summed E-state index contributed by atoms with van der Waals surface area (Å²) in [6.07, 6.45) is 1.01. The molecule has 1 fully saturated rings. The Hall–Kier alpha value is -2.62. The van der Waals surface area contributed by atoms with Crippen LogP contribution in [0.4, 0.5) is 5.69 Å². The molecule has 1 N–H and O–H groups in total. The topological polar surface area (TPSA) is 96.0 Å². The Morgan fingerprint density at radius 2 is 1.69 bits per heavy atom. The molecule has 0 aromatic heterocycles. The molecule has 0 atom stereocenters. The molecule has 0 saturated carbocycles. The number of carbonyl (C=O) groups is 2. The Morgan fingerprint density at radius 3 is 2.26 bits per heavy atom. The number of likely N-dealkylation sites (tertiary alicyclic amines) is 1. The Balaban J connectivity index is 1.71. The lowest BCUT2D eigenvalue weighted by Gasteiger charge is -2.31. The number of rotatable bonds is 9. The second-order valence-electron chi connectivity index (χ2n) is 8.24. The van der Waals surface area contributed by atoms with Gasteiger partial charge >= 0.3 is 0 Å². The van der Waals surface area contributed by atoms with E-state index in [1.165, 1.54) is 16.4 Å². The van der Waals surface area contributed by atoms with Gasteiger partial charge in [-0.25, -0.2) is 8.42 Å². The van der Waals surface area contributed by atoms with E-state index in [4.69, 9.17) is 16.3 Å². The lowest BCUT2D eigenvalue weighted by atomic mass is 9.95. The maximum absolute atomic E-state index is 13.1. The molecule has 0 bridgehead atoms. The highest BCUT2D eigenvalue weighted by atomic mass is 35.5. The number of amides is 2. The summed E-state index contributed by atoms with van der Waals surface area (Å²) >= 11 is 5.90. The number of hydrogen-bond donors (Lipinski definition) is 1. The largest absolute Gasteiger partial charge is 0.492 e. The zero-order valence-corrected chi connectivity index (χ0v) is 21.9. The summed E-state index contributed by atoms with van der Waals surface area (Å²) in [4.78, 5) is 27.6. The van der Waals surface area contributed by atoms with Crippen molar-refractivity contribution >= 4 is 39.1 Å². The molecule has 0 spiro atoms.